The number of anilines is 1. The molecule has 0 aliphatic heterocycles. The number of nitrogens with two attached hydrogens (primary N) is 1. The first-order chi connectivity index (χ1) is 18.7. The SMILES string of the molecule is COc1cn(C(CC(N)=CC=NC2CC2)C(=O)Nc2ccc(C(=O)O)cc2)c(=O)cc1-c1cc(Cl)ccc1C. The Labute approximate surface area is 230 Å². The molecule has 3 aromatic rings. The zero-order chi connectivity index (χ0) is 28.1. The van der Waals surface area contributed by atoms with Gasteiger partial charge < -0.3 is 20.9 Å². The van der Waals surface area contributed by atoms with E-state index in [1.165, 1.54) is 48.2 Å². The molecule has 4 rings (SSSR count). The van der Waals surface area contributed by atoms with Gasteiger partial charge in [0.1, 0.15) is 11.8 Å². The van der Waals surface area contributed by atoms with Crippen LogP contribution in [0.15, 0.2) is 76.3 Å². The minimum atomic E-state index is -1.08. The zero-order valence-corrected chi connectivity index (χ0v) is 22.3. The number of nitrogens with one attached hydrogen (secondary N) is 1. The van der Waals surface area contributed by atoms with Gasteiger partial charge in [-0.3, -0.25) is 19.1 Å². The molecule has 1 saturated carbocycles. The third-order valence-corrected chi connectivity index (χ3v) is 6.59. The van der Waals surface area contributed by atoms with E-state index in [0.29, 0.717) is 33.8 Å². The molecule has 9 nitrogen and oxygen atoms in total. The molecule has 1 atom stereocenters. The van der Waals surface area contributed by atoms with Crippen LogP contribution in [0.5, 0.6) is 5.75 Å². The van der Waals surface area contributed by atoms with Gasteiger partial charge in [0.2, 0.25) is 5.91 Å². The Bertz CT molecular complexity index is 1510. The van der Waals surface area contributed by atoms with Gasteiger partial charge >= 0.3 is 5.97 Å². The summed E-state index contributed by atoms with van der Waals surface area (Å²) in [7, 11) is 1.48. The second-order valence-corrected chi connectivity index (χ2v) is 9.76. The summed E-state index contributed by atoms with van der Waals surface area (Å²) in [6.07, 6.45) is 6.86. The van der Waals surface area contributed by atoms with Crippen molar-refractivity contribution in [2.24, 2.45) is 10.7 Å². The van der Waals surface area contributed by atoms with Crippen LogP contribution in [-0.4, -0.2) is 40.9 Å². The van der Waals surface area contributed by atoms with Crippen LogP contribution in [-0.2, 0) is 4.79 Å². The van der Waals surface area contributed by atoms with E-state index in [1.807, 2.05) is 13.0 Å². The predicted molar refractivity (Wildman–Crippen MR) is 152 cm³/mol. The number of carbonyl (C=O) groups is 2. The van der Waals surface area contributed by atoms with E-state index in [4.69, 9.17) is 27.2 Å². The van der Waals surface area contributed by atoms with Crippen molar-refractivity contribution < 1.29 is 19.4 Å². The fraction of sp³-hybridized carbons (Fsp3) is 0.241. The number of methoxy groups -OCH3 is 1. The number of carboxylic acid groups (broad SMARTS) is 1. The van der Waals surface area contributed by atoms with Gasteiger partial charge in [-0.2, -0.15) is 0 Å². The maximum Gasteiger partial charge on any atom is 0.335 e. The number of pyridine rings is 1. The molecule has 1 aromatic heterocycles. The number of carboxylic acids is 1. The van der Waals surface area contributed by atoms with Gasteiger partial charge in [-0.15, -0.1) is 0 Å². The van der Waals surface area contributed by atoms with E-state index in [-0.39, 0.29) is 12.0 Å². The van der Waals surface area contributed by atoms with Crippen LogP contribution >= 0.6 is 11.6 Å². The third-order valence-electron chi connectivity index (χ3n) is 6.35. The fourth-order valence-corrected chi connectivity index (χ4v) is 4.22. The number of aliphatic imine (C=N–C) groups is 1. The van der Waals surface area contributed by atoms with Crippen molar-refractivity contribution in [1.29, 1.82) is 0 Å². The monoisotopic (exact) mass is 548 g/mol. The summed E-state index contributed by atoms with van der Waals surface area (Å²) < 4.78 is 6.90. The fourth-order valence-electron chi connectivity index (χ4n) is 4.04. The molecule has 1 aliphatic carbocycles. The minimum absolute atomic E-state index is 0.0222. The molecule has 2 aromatic carbocycles. The predicted octanol–water partition coefficient (Wildman–Crippen LogP) is 4.83. The van der Waals surface area contributed by atoms with Crippen LogP contribution in [0.25, 0.3) is 11.1 Å². The van der Waals surface area contributed by atoms with Gasteiger partial charge in [0, 0.05) is 40.7 Å². The van der Waals surface area contributed by atoms with E-state index in [0.717, 1.165) is 24.0 Å². The average molecular weight is 549 g/mol. The number of allylic oxidation sites excluding steroid dienone is 2. The maximum absolute atomic E-state index is 13.5. The summed E-state index contributed by atoms with van der Waals surface area (Å²) in [6, 6.07) is 11.8. The summed E-state index contributed by atoms with van der Waals surface area (Å²) in [6.45, 7) is 1.90. The summed E-state index contributed by atoms with van der Waals surface area (Å²) in [4.78, 5) is 42.5. The van der Waals surface area contributed by atoms with Gasteiger partial charge in [0.05, 0.1) is 24.9 Å². The lowest BCUT2D eigenvalue weighted by Gasteiger charge is -2.22. The van der Waals surface area contributed by atoms with E-state index >= 15 is 0 Å². The highest BCUT2D eigenvalue weighted by Gasteiger charge is 2.25. The molecule has 1 aliphatic rings. The van der Waals surface area contributed by atoms with E-state index < -0.39 is 23.5 Å². The molecular formula is C29H29ClN4O5. The molecule has 4 N–H and O–H groups in total. The number of ether oxygens (including phenoxy) is 1. The molecular weight excluding hydrogens is 520 g/mol. The Morgan fingerprint density at radius 3 is 2.56 bits per heavy atom. The van der Waals surface area contributed by atoms with Crippen molar-refractivity contribution >= 4 is 35.4 Å². The number of aromatic nitrogens is 1. The van der Waals surface area contributed by atoms with Crippen LogP contribution in [0.2, 0.25) is 5.02 Å². The molecule has 39 heavy (non-hydrogen) atoms. The molecule has 1 amide bonds. The van der Waals surface area contributed by atoms with Crippen LogP contribution in [0.1, 0.15) is 41.2 Å². The number of hydrogen-bond donors (Lipinski definition) is 3. The number of aromatic carboxylic acids is 1. The molecule has 1 unspecified atom stereocenters. The lowest BCUT2D eigenvalue weighted by atomic mass is 10.0. The molecule has 1 heterocycles. The average Bonchev–Trinajstić information content (AvgIpc) is 3.73. The van der Waals surface area contributed by atoms with Crippen LogP contribution in [0.3, 0.4) is 0 Å². The second-order valence-electron chi connectivity index (χ2n) is 9.32. The highest BCUT2D eigenvalue weighted by molar-refractivity contribution is 6.30. The van der Waals surface area contributed by atoms with Gasteiger partial charge in [0.15, 0.2) is 0 Å². The molecule has 1 fully saturated rings. The van der Waals surface area contributed by atoms with Crippen molar-refractivity contribution in [3.63, 3.8) is 0 Å². The number of amides is 1. The van der Waals surface area contributed by atoms with Gasteiger partial charge in [0.25, 0.3) is 5.56 Å². The Morgan fingerprint density at radius 2 is 1.92 bits per heavy atom. The largest absolute Gasteiger partial charge is 0.495 e. The Kier molecular flexibility index (Phi) is 8.51. The Hall–Kier alpha value is -4.37. The van der Waals surface area contributed by atoms with Crippen molar-refractivity contribution in [3.8, 4) is 16.9 Å². The Balaban J connectivity index is 1.72. The number of carbonyl (C=O) groups excluding carboxylic acids is 1. The zero-order valence-electron chi connectivity index (χ0n) is 21.6. The summed E-state index contributed by atoms with van der Waals surface area (Å²) >= 11 is 6.21. The van der Waals surface area contributed by atoms with Gasteiger partial charge in [-0.1, -0.05) is 17.7 Å². The van der Waals surface area contributed by atoms with Crippen molar-refractivity contribution in [2.45, 2.75) is 38.3 Å². The molecule has 0 spiro atoms. The number of benzene rings is 2. The first-order valence-electron chi connectivity index (χ1n) is 12.3. The standard InChI is InChI=1S/C29H29ClN4O5/c1-17-3-6-19(30)13-23(17)24-15-27(35)34(16-26(24)39-2)25(14-20(31)11-12-32-21-9-10-21)28(36)33-22-7-4-18(5-8-22)29(37)38/h3-8,11-13,15-16,21,25H,9-10,14,31H2,1-2H3,(H,33,36)(H,37,38). The molecule has 0 saturated heterocycles. The summed E-state index contributed by atoms with van der Waals surface area (Å²) in [5.41, 5.74) is 8.80. The lowest BCUT2D eigenvalue weighted by Crippen LogP contribution is -2.34. The molecule has 0 bridgehead atoms. The minimum Gasteiger partial charge on any atom is -0.495 e. The first kappa shape index (κ1) is 27.7. The number of hydrogen-bond acceptors (Lipinski definition) is 6. The van der Waals surface area contributed by atoms with Crippen molar-refractivity contribution in [1.82, 2.24) is 4.57 Å². The summed E-state index contributed by atoms with van der Waals surface area (Å²) in [5.74, 6) is -1.21. The highest BCUT2D eigenvalue weighted by Crippen LogP contribution is 2.33. The van der Waals surface area contributed by atoms with Crippen LogP contribution < -0.4 is 21.3 Å². The normalized spacial score (nSPS) is 14.3. The second kappa shape index (κ2) is 12.0. The van der Waals surface area contributed by atoms with Crippen LogP contribution in [0.4, 0.5) is 5.69 Å². The van der Waals surface area contributed by atoms with E-state index in [2.05, 4.69) is 10.3 Å². The maximum atomic E-state index is 13.5. The van der Waals surface area contributed by atoms with Crippen LogP contribution in [0, 0.1) is 6.92 Å². The number of nitrogens with zero attached hydrogens (tertiary/aromatic N) is 2. The summed E-state index contributed by atoms with van der Waals surface area (Å²) in [5, 5.41) is 12.4. The van der Waals surface area contributed by atoms with Crippen molar-refractivity contribution in [2.75, 3.05) is 12.4 Å². The molecule has 0 radical (unpaired) electrons. The van der Waals surface area contributed by atoms with Gasteiger partial charge in [-0.05, 0) is 73.4 Å². The van der Waals surface area contributed by atoms with E-state index in [9.17, 15) is 14.4 Å². The first-order valence-corrected chi connectivity index (χ1v) is 12.7. The number of rotatable bonds is 10. The lowest BCUT2D eigenvalue weighted by molar-refractivity contribution is -0.119. The van der Waals surface area contributed by atoms with E-state index in [1.54, 1.807) is 24.4 Å². The number of aryl methyl sites for hydroxylation is 1. The topological polar surface area (TPSA) is 136 Å². The third kappa shape index (κ3) is 6.94. The smallest absolute Gasteiger partial charge is 0.335 e. The number of halogens is 1. The highest BCUT2D eigenvalue weighted by atomic mass is 35.5. The molecule has 10 heteroatoms. The quantitative estimate of drug-likeness (QED) is 0.310. The molecule has 202 valence electrons. The van der Waals surface area contributed by atoms with Gasteiger partial charge in [-0.25, -0.2) is 4.79 Å². The van der Waals surface area contributed by atoms with Crippen molar-refractivity contribution in [3.05, 3.63) is 93.0 Å². The Morgan fingerprint density at radius 1 is 1.21 bits per heavy atom.